The first-order valence-electron chi connectivity index (χ1n) is 11.6. The van der Waals surface area contributed by atoms with Gasteiger partial charge in [-0.1, -0.05) is 0 Å². The summed E-state index contributed by atoms with van der Waals surface area (Å²) in [5.41, 5.74) is 4.81. The van der Waals surface area contributed by atoms with Crippen molar-refractivity contribution in [3.05, 3.63) is 59.8 Å². The highest BCUT2D eigenvalue weighted by atomic mass is 16.4. The van der Waals surface area contributed by atoms with E-state index in [0.29, 0.717) is 6.54 Å². The minimum absolute atomic E-state index is 0.0523. The third-order valence-electron chi connectivity index (χ3n) is 6.51. The molecule has 0 aliphatic carbocycles. The molecule has 34 heavy (non-hydrogen) atoms. The highest BCUT2D eigenvalue weighted by Gasteiger charge is 2.31. The highest BCUT2D eigenvalue weighted by Crippen LogP contribution is 2.38. The highest BCUT2D eigenvalue weighted by molar-refractivity contribution is 5.96. The third kappa shape index (κ3) is 4.16. The van der Waals surface area contributed by atoms with E-state index in [0.717, 1.165) is 78.3 Å². The molecule has 3 aromatic heterocycles. The maximum absolute atomic E-state index is 12.0. The van der Waals surface area contributed by atoms with E-state index in [1.165, 1.54) is 11.3 Å². The fourth-order valence-corrected chi connectivity index (χ4v) is 4.87. The van der Waals surface area contributed by atoms with E-state index in [1.54, 1.807) is 12.4 Å². The minimum atomic E-state index is -0.915. The number of anilines is 1. The van der Waals surface area contributed by atoms with Crippen LogP contribution in [0, 0.1) is 6.92 Å². The fourth-order valence-electron chi connectivity index (χ4n) is 4.87. The number of nitrogens with zero attached hydrogens (tertiary/aromatic N) is 6. The molecule has 1 aliphatic heterocycles. The van der Waals surface area contributed by atoms with Crippen LogP contribution in [0.4, 0.5) is 10.5 Å². The van der Waals surface area contributed by atoms with Crippen LogP contribution in [0.5, 0.6) is 0 Å². The Morgan fingerprint density at radius 2 is 2.24 bits per heavy atom. The average molecular weight is 464 g/mol. The van der Waals surface area contributed by atoms with E-state index in [9.17, 15) is 9.90 Å². The van der Waals surface area contributed by atoms with E-state index >= 15 is 0 Å². The first-order chi connectivity index (χ1) is 16.5. The second kappa shape index (κ2) is 9.30. The van der Waals surface area contributed by atoms with Gasteiger partial charge < -0.3 is 19.4 Å². The summed E-state index contributed by atoms with van der Waals surface area (Å²) in [5.74, 6) is 1.77. The molecule has 0 saturated carbocycles. The van der Waals surface area contributed by atoms with Gasteiger partial charge in [-0.05, 0) is 44.4 Å². The van der Waals surface area contributed by atoms with Gasteiger partial charge in [-0.2, -0.15) is 5.10 Å². The summed E-state index contributed by atoms with van der Waals surface area (Å²) >= 11 is 0. The lowest BCUT2D eigenvalue weighted by atomic mass is 9.94. The van der Waals surface area contributed by atoms with E-state index < -0.39 is 6.09 Å². The molecule has 0 bridgehead atoms. The summed E-state index contributed by atoms with van der Waals surface area (Å²) in [5, 5.41) is 17.6. The standard InChI is InChI=1S/C24H29N7O3/c1-16-12-20-19(5-4-17(2)31(20)24(32)33)22-23(16)30(11-8-25-13-18-14-26-15-34-18)21(28-22)6-10-29-9-3-7-27-29/h3,7,9,12,14-15,17,25H,4-6,8,10-11,13H2,1-2H3,(H,32,33). The molecule has 1 atom stereocenters. The summed E-state index contributed by atoms with van der Waals surface area (Å²) < 4.78 is 9.48. The summed E-state index contributed by atoms with van der Waals surface area (Å²) in [4.78, 5) is 22.6. The Hall–Kier alpha value is -3.66. The lowest BCUT2D eigenvalue weighted by Crippen LogP contribution is -2.41. The molecule has 0 saturated heterocycles. The topological polar surface area (TPSA) is 114 Å². The van der Waals surface area contributed by atoms with Crippen LogP contribution in [0.1, 0.15) is 36.1 Å². The molecule has 1 amide bonds. The molecule has 4 aromatic rings. The van der Waals surface area contributed by atoms with Gasteiger partial charge in [0.15, 0.2) is 6.39 Å². The summed E-state index contributed by atoms with van der Waals surface area (Å²) in [6.45, 7) is 6.80. The van der Waals surface area contributed by atoms with Gasteiger partial charge in [0.25, 0.3) is 0 Å². The van der Waals surface area contributed by atoms with Crippen molar-refractivity contribution < 1.29 is 14.3 Å². The predicted octanol–water partition coefficient (Wildman–Crippen LogP) is 3.38. The normalized spacial score (nSPS) is 15.7. The molecule has 1 unspecified atom stereocenters. The Bertz CT molecular complexity index is 1280. The van der Waals surface area contributed by atoms with Gasteiger partial charge in [0.05, 0.1) is 29.5 Å². The van der Waals surface area contributed by atoms with Crippen molar-refractivity contribution in [2.24, 2.45) is 0 Å². The number of imidazole rings is 1. The first-order valence-corrected chi connectivity index (χ1v) is 11.6. The number of carboxylic acid groups (broad SMARTS) is 1. The number of aromatic nitrogens is 5. The molecule has 0 radical (unpaired) electrons. The van der Waals surface area contributed by atoms with Crippen LogP contribution in [0.25, 0.3) is 11.0 Å². The Balaban J connectivity index is 1.50. The van der Waals surface area contributed by atoms with Gasteiger partial charge in [-0.25, -0.2) is 14.8 Å². The quantitative estimate of drug-likeness (QED) is 0.385. The second-order valence-electron chi connectivity index (χ2n) is 8.77. The van der Waals surface area contributed by atoms with Gasteiger partial charge in [0, 0.05) is 50.1 Å². The van der Waals surface area contributed by atoms with Crippen molar-refractivity contribution in [3.8, 4) is 0 Å². The number of oxazole rings is 1. The molecule has 2 N–H and O–H groups in total. The molecule has 0 spiro atoms. The smallest absolute Gasteiger partial charge is 0.412 e. The van der Waals surface area contributed by atoms with Crippen LogP contribution in [-0.2, 0) is 32.5 Å². The lowest BCUT2D eigenvalue weighted by molar-refractivity contribution is 0.198. The Morgan fingerprint density at radius 3 is 2.97 bits per heavy atom. The molecule has 1 aliphatic rings. The van der Waals surface area contributed by atoms with Gasteiger partial charge in [-0.15, -0.1) is 0 Å². The molecule has 10 heteroatoms. The first kappa shape index (κ1) is 22.1. The van der Waals surface area contributed by atoms with Crippen molar-refractivity contribution in [1.82, 2.24) is 29.6 Å². The number of aryl methyl sites for hydroxylation is 4. The molecular weight excluding hydrogens is 434 g/mol. The molecule has 10 nitrogen and oxygen atoms in total. The lowest BCUT2D eigenvalue weighted by Gasteiger charge is -2.33. The van der Waals surface area contributed by atoms with Crippen molar-refractivity contribution in [3.63, 3.8) is 0 Å². The Morgan fingerprint density at radius 1 is 1.35 bits per heavy atom. The fraction of sp³-hybridized carbons (Fsp3) is 0.417. The SMILES string of the molecule is Cc1cc2c(c3nc(CCn4cccn4)n(CCNCc4cnco4)c13)CCC(C)N2C(=O)O. The predicted molar refractivity (Wildman–Crippen MR) is 127 cm³/mol. The summed E-state index contributed by atoms with van der Waals surface area (Å²) in [7, 11) is 0. The molecule has 1 aromatic carbocycles. The Labute approximate surface area is 197 Å². The summed E-state index contributed by atoms with van der Waals surface area (Å²) in [6, 6.07) is 3.88. The maximum atomic E-state index is 12.0. The van der Waals surface area contributed by atoms with Crippen molar-refractivity contribution in [2.75, 3.05) is 11.4 Å². The van der Waals surface area contributed by atoms with Crippen LogP contribution in [-0.4, -0.2) is 48.1 Å². The zero-order valence-corrected chi connectivity index (χ0v) is 19.4. The molecule has 5 rings (SSSR count). The number of benzene rings is 1. The largest absolute Gasteiger partial charge is 0.465 e. The van der Waals surface area contributed by atoms with Gasteiger partial charge >= 0.3 is 6.09 Å². The number of carbonyl (C=O) groups is 1. The summed E-state index contributed by atoms with van der Waals surface area (Å²) in [6.07, 6.45) is 8.28. The van der Waals surface area contributed by atoms with E-state index in [1.807, 2.05) is 36.9 Å². The minimum Gasteiger partial charge on any atom is -0.465 e. The molecular formula is C24H29N7O3. The monoisotopic (exact) mass is 463 g/mol. The van der Waals surface area contributed by atoms with Crippen LogP contribution < -0.4 is 10.2 Å². The zero-order valence-electron chi connectivity index (χ0n) is 19.4. The van der Waals surface area contributed by atoms with Gasteiger partial charge in [-0.3, -0.25) is 9.58 Å². The van der Waals surface area contributed by atoms with E-state index in [2.05, 4.69) is 20.0 Å². The molecule has 4 heterocycles. The van der Waals surface area contributed by atoms with Crippen LogP contribution in [0.3, 0.4) is 0 Å². The number of nitrogens with one attached hydrogen (secondary N) is 1. The molecule has 178 valence electrons. The van der Waals surface area contributed by atoms with Gasteiger partial charge in [0.2, 0.25) is 0 Å². The van der Waals surface area contributed by atoms with E-state index in [4.69, 9.17) is 9.40 Å². The maximum Gasteiger partial charge on any atom is 0.412 e. The van der Waals surface area contributed by atoms with Crippen LogP contribution in [0.15, 0.2) is 41.5 Å². The number of hydrogen-bond acceptors (Lipinski definition) is 6. The number of fused-ring (bicyclic) bond motifs is 3. The second-order valence-corrected chi connectivity index (χ2v) is 8.77. The number of rotatable bonds is 8. The number of amides is 1. The van der Waals surface area contributed by atoms with Crippen molar-refractivity contribution >= 4 is 22.8 Å². The van der Waals surface area contributed by atoms with Crippen LogP contribution >= 0.6 is 0 Å². The van der Waals surface area contributed by atoms with Crippen molar-refractivity contribution in [1.29, 1.82) is 0 Å². The number of hydrogen-bond donors (Lipinski definition) is 2. The van der Waals surface area contributed by atoms with Crippen LogP contribution in [0.2, 0.25) is 0 Å². The molecule has 0 fully saturated rings. The Kier molecular flexibility index (Phi) is 6.06. The van der Waals surface area contributed by atoms with Crippen molar-refractivity contribution in [2.45, 2.75) is 58.8 Å². The third-order valence-corrected chi connectivity index (χ3v) is 6.51. The zero-order chi connectivity index (χ0) is 23.7. The average Bonchev–Trinajstić information content (AvgIpc) is 3.56. The van der Waals surface area contributed by atoms with E-state index in [-0.39, 0.29) is 6.04 Å². The van der Waals surface area contributed by atoms with Gasteiger partial charge in [0.1, 0.15) is 11.6 Å².